The van der Waals surface area contributed by atoms with Gasteiger partial charge in [-0.05, 0) is 0 Å². The number of benzene rings is 2. The van der Waals surface area contributed by atoms with Gasteiger partial charge in [0.15, 0.2) is 0 Å². The summed E-state index contributed by atoms with van der Waals surface area (Å²) in [4.78, 5) is 8.57. The Morgan fingerprint density at radius 1 is 0.545 bits per heavy atom. The van der Waals surface area contributed by atoms with Crippen LogP contribution in [0.5, 0.6) is 0 Å². The zero-order chi connectivity index (χ0) is 14.8. The Balaban J connectivity index is 1.66. The second-order valence-corrected chi connectivity index (χ2v) is 4.58. The van der Waals surface area contributed by atoms with Crippen molar-refractivity contribution in [1.29, 1.82) is 0 Å². The lowest BCUT2D eigenvalue weighted by Gasteiger charge is -1.90. The van der Waals surface area contributed by atoms with Gasteiger partial charge in [0.1, 0.15) is 0 Å². The molecule has 0 aliphatic heterocycles. The van der Waals surface area contributed by atoms with Gasteiger partial charge in [-0.3, -0.25) is 0 Å². The highest BCUT2D eigenvalue weighted by molar-refractivity contribution is 5.58. The highest BCUT2D eigenvalue weighted by Gasteiger charge is 2.17. The van der Waals surface area contributed by atoms with E-state index in [9.17, 15) is 0 Å². The maximum absolute atomic E-state index is 5.20. The first-order valence-corrected chi connectivity index (χ1v) is 6.69. The molecule has 0 bridgehead atoms. The van der Waals surface area contributed by atoms with Crippen molar-refractivity contribution in [3.05, 3.63) is 60.7 Å². The van der Waals surface area contributed by atoms with E-state index in [0.29, 0.717) is 11.6 Å². The summed E-state index contributed by atoms with van der Waals surface area (Å²) in [5.74, 6) is 1.37. The van der Waals surface area contributed by atoms with E-state index in [0.717, 1.165) is 11.1 Å². The van der Waals surface area contributed by atoms with Crippen molar-refractivity contribution in [2.75, 3.05) is 0 Å². The summed E-state index contributed by atoms with van der Waals surface area (Å²) < 4.78 is 10.4. The lowest BCUT2D eigenvalue weighted by Crippen LogP contribution is -1.81. The van der Waals surface area contributed by atoms with E-state index in [4.69, 9.17) is 9.05 Å². The first-order chi connectivity index (χ1) is 10.9. The van der Waals surface area contributed by atoms with E-state index >= 15 is 0 Å². The van der Waals surface area contributed by atoms with Crippen molar-refractivity contribution in [2.45, 2.75) is 0 Å². The molecule has 0 spiro atoms. The molecular weight excluding hydrogens is 280 g/mol. The molecule has 0 saturated heterocycles. The standard InChI is InChI=1S/C16H10N4O2/c1-3-7-11(8-4-1)13-17-15(21-19-13)16-18-14(20-22-16)12-9-5-2-6-10-12/h1-10H. The third-order valence-corrected chi connectivity index (χ3v) is 3.10. The fourth-order valence-corrected chi connectivity index (χ4v) is 2.03. The summed E-state index contributed by atoms with van der Waals surface area (Å²) in [7, 11) is 0. The Hall–Kier alpha value is -3.28. The van der Waals surface area contributed by atoms with Crippen molar-refractivity contribution >= 4 is 0 Å². The molecule has 2 heterocycles. The smallest absolute Gasteiger partial charge is 0.316 e. The Morgan fingerprint density at radius 3 is 1.36 bits per heavy atom. The number of rotatable bonds is 3. The monoisotopic (exact) mass is 290 g/mol. The van der Waals surface area contributed by atoms with Crippen LogP contribution < -0.4 is 0 Å². The quantitative estimate of drug-likeness (QED) is 0.575. The molecule has 0 atom stereocenters. The van der Waals surface area contributed by atoms with Gasteiger partial charge in [0.05, 0.1) is 0 Å². The zero-order valence-electron chi connectivity index (χ0n) is 11.4. The third-order valence-electron chi connectivity index (χ3n) is 3.10. The average molecular weight is 290 g/mol. The molecule has 0 aliphatic carbocycles. The normalized spacial score (nSPS) is 10.7. The Bertz CT molecular complexity index is 809. The van der Waals surface area contributed by atoms with E-state index in [2.05, 4.69) is 20.3 Å². The lowest BCUT2D eigenvalue weighted by molar-refractivity contribution is 0.383. The van der Waals surface area contributed by atoms with Gasteiger partial charge in [-0.25, -0.2) is 0 Å². The number of aromatic nitrogens is 4. The fraction of sp³-hybridized carbons (Fsp3) is 0. The van der Waals surface area contributed by atoms with Gasteiger partial charge in [-0.1, -0.05) is 71.0 Å². The van der Waals surface area contributed by atoms with Crippen LogP contribution in [0, 0.1) is 0 Å². The summed E-state index contributed by atoms with van der Waals surface area (Å²) in [6.45, 7) is 0. The third kappa shape index (κ3) is 2.26. The number of hydrogen-bond acceptors (Lipinski definition) is 6. The van der Waals surface area contributed by atoms with Gasteiger partial charge in [0.25, 0.3) is 0 Å². The predicted octanol–water partition coefficient (Wildman–Crippen LogP) is 3.45. The summed E-state index contributed by atoms with van der Waals surface area (Å²) in [5, 5.41) is 7.86. The second kappa shape index (κ2) is 5.25. The molecule has 0 saturated carbocycles. The number of hydrogen-bond donors (Lipinski definition) is 0. The molecule has 0 aliphatic rings. The largest absolute Gasteiger partial charge is 0.328 e. The molecular formula is C16H10N4O2. The topological polar surface area (TPSA) is 77.8 Å². The SMILES string of the molecule is c1ccc(-c2noc(-c3nc(-c4ccccc4)no3)n2)cc1. The molecule has 2 aromatic heterocycles. The minimum atomic E-state index is 0.202. The molecule has 0 amide bonds. The van der Waals surface area contributed by atoms with Gasteiger partial charge < -0.3 is 9.05 Å². The van der Waals surface area contributed by atoms with Crippen LogP contribution in [0.4, 0.5) is 0 Å². The molecule has 0 unspecified atom stereocenters. The summed E-state index contributed by atoms with van der Waals surface area (Å²) in [6, 6.07) is 19.1. The number of nitrogens with zero attached hydrogens (tertiary/aromatic N) is 4. The minimum absolute atomic E-state index is 0.202. The molecule has 6 heteroatoms. The van der Waals surface area contributed by atoms with Crippen LogP contribution in [0.25, 0.3) is 34.6 Å². The highest BCUT2D eigenvalue weighted by atomic mass is 16.5. The first-order valence-electron chi connectivity index (χ1n) is 6.69. The zero-order valence-corrected chi connectivity index (χ0v) is 11.4. The van der Waals surface area contributed by atoms with E-state index in [-0.39, 0.29) is 11.8 Å². The summed E-state index contributed by atoms with van der Waals surface area (Å²) in [5.41, 5.74) is 1.72. The second-order valence-electron chi connectivity index (χ2n) is 4.58. The van der Waals surface area contributed by atoms with Gasteiger partial charge >= 0.3 is 11.8 Å². The Kier molecular flexibility index (Phi) is 2.97. The van der Waals surface area contributed by atoms with Crippen LogP contribution in [0.15, 0.2) is 69.7 Å². The van der Waals surface area contributed by atoms with Crippen molar-refractivity contribution < 1.29 is 9.05 Å². The lowest BCUT2D eigenvalue weighted by atomic mass is 10.2. The van der Waals surface area contributed by atoms with Crippen LogP contribution in [-0.2, 0) is 0 Å². The minimum Gasteiger partial charge on any atom is -0.328 e. The molecule has 0 radical (unpaired) electrons. The van der Waals surface area contributed by atoms with Crippen molar-refractivity contribution in [3.8, 4) is 34.6 Å². The van der Waals surface area contributed by atoms with Crippen molar-refractivity contribution in [1.82, 2.24) is 20.3 Å². The maximum Gasteiger partial charge on any atom is 0.316 e. The molecule has 22 heavy (non-hydrogen) atoms. The van der Waals surface area contributed by atoms with Gasteiger partial charge in [0.2, 0.25) is 11.6 Å². The molecule has 4 aromatic rings. The molecule has 4 rings (SSSR count). The van der Waals surface area contributed by atoms with Crippen LogP contribution in [0.1, 0.15) is 0 Å². The summed E-state index contributed by atoms with van der Waals surface area (Å²) in [6.07, 6.45) is 0. The average Bonchev–Trinajstić information content (AvgIpc) is 3.26. The van der Waals surface area contributed by atoms with E-state index in [1.807, 2.05) is 60.7 Å². The van der Waals surface area contributed by atoms with Crippen molar-refractivity contribution in [2.24, 2.45) is 0 Å². The van der Waals surface area contributed by atoms with E-state index < -0.39 is 0 Å². The van der Waals surface area contributed by atoms with Crippen molar-refractivity contribution in [3.63, 3.8) is 0 Å². The van der Waals surface area contributed by atoms with Crippen LogP contribution >= 0.6 is 0 Å². The van der Waals surface area contributed by atoms with Crippen LogP contribution in [-0.4, -0.2) is 20.3 Å². The van der Waals surface area contributed by atoms with Gasteiger partial charge in [0, 0.05) is 11.1 Å². The van der Waals surface area contributed by atoms with E-state index in [1.165, 1.54) is 0 Å². The molecule has 2 aromatic carbocycles. The van der Waals surface area contributed by atoms with Crippen LogP contribution in [0.3, 0.4) is 0 Å². The molecule has 6 nitrogen and oxygen atoms in total. The molecule has 0 fully saturated rings. The maximum atomic E-state index is 5.20. The fourth-order valence-electron chi connectivity index (χ4n) is 2.03. The Labute approximate surface area is 125 Å². The first kappa shape index (κ1) is 12.5. The molecule has 0 N–H and O–H groups in total. The predicted molar refractivity (Wildman–Crippen MR) is 78.5 cm³/mol. The van der Waals surface area contributed by atoms with Gasteiger partial charge in [-0.15, -0.1) is 0 Å². The van der Waals surface area contributed by atoms with E-state index in [1.54, 1.807) is 0 Å². The van der Waals surface area contributed by atoms with Crippen LogP contribution in [0.2, 0.25) is 0 Å². The highest BCUT2D eigenvalue weighted by Crippen LogP contribution is 2.23. The molecule has 106 valence electrons. The Morgan fingerprint density at radius 2 is 0.955 bits per heavy atom. The van der Waals surface area contributed by atoms with Gasteiger partial charge in [-0.2, -0.15) is 9.97 Å². The summed E-state index contributed by atoms with van der Waals surface area (Å²) >= 11 is 0.